The van der Waals surface area contributed by atoms with Gasteiger partial charge >= 0.3 is 0 Å². The number of carbonyl (C=O) groups is 1. The maximum absolute atomic E-state index is 13.9. The van der Waals surface area contributed by atoms with Crippen LogP contribution in [0.25, 0.3) is 5.65 Å². The Labute approximate surface area is 178 Å². The molecular formula is C21H23ClF2N4O2. The maximum Gasteiger partial charge on any atom is 0.271 e. The Kier molecular flexibility index (Phi) is 6.28. The fraction of sp³-hybridized carbons (Fsp3) is 0.333. The number of nitrogens with one attached hydrogen (secondary N) is 1. The molecule has 3 aromatic rings. The topological polar surface area (TPSA) is 81.6 Å². The highest BCUT2D eigenvalue weighted by Gasteiger charge is 2.23. The second kappa shape index (κ2) is 8.57. The van der Waals surface area contributed by atoms with Crippen molar-refractivity contribution in [3.8, 4) is 5.75 Å². The lowest BCUT2D eigenvalue weighted by Gasteiger charge is -2.22. The van der Waals surface area contributed by atoms with Crippen molar-refractivity contribution in [2.75, 3.05) is 6.54 Å². The largest absolute Gasteiger partial charge is 0.485 e. The Bertz CT molecular complexity index is 1080. The van der Waals surface area contributed by atoms with Crippen LogP contribution in [0.1, 0.15) is 41.9 Å². The zero-order valence-corrected chi connectivity index (χ0v) is 17.7. The molecule has 0 aliphatic heterocycles. The number of hydrogen-bond donors (Lipinski definition) is 2. The predicted molar refractivity (Wildman–Crippen MR) is 111 cm³/mol. The highest BCUT2D eigenvalue weighted by atomic mass is 35.5. The number of carbonyl (C=O) groups excluding carboxylic acids is 1. The van der Waals surface area contributed by atoms with E-state index in [9.17, 15) is 13.6 Å². The first-order chi connectivity index (χ1) is 14.1. The zero-order chi connectivity index (χ0) is 22.1. The molecule has 0 spiro atoms. The minimum atomic E-state index is -0.708. The number of aryl methyl sites for hydroxylation is 1. The Balaban J connectivity index is 1.93. The third kappa shape index (κ3) is 4.55. The first-order valence-electron chi connectivity index (χ1n) is 9.44. The van der Waals surface area contributed by atoms with Crippen molar-refractivity contribution in [3.63, 3.8) is 0 Å². The third-order valence-electron chi connectivity index (χ3n) is 4.89. The van der Waals surface area contributed by atoms with E-state index in [2.05, 4.69) is 10.3 Å². The number of aromatic nitrogens is 2. The fourth-order valence-corrected chi connectivity index (χ4v) is 3.09. The third-order valence-corrected chi connectivity index (χ3v) is 5.15. The molecular weight excluding hydrogens is 414 g/mol. The van der Waals surface area contributed by atoms with E-state index < -0.39 is 23.1 Å². The number of benzene rings is 1. The molecule has 30 heavy (non-hydrogen) atoms. The molecule has 3 N–H and O–H groups in total. The second-order valence-electron chi connectivity index (χ2n) is 7.51. The minimum absolute atomic E-state index is 0.0183. The summed E-state index contributed by atoms with van der Waals surface area (Å²) in [4.78, 5) is 17.0. The van der Waals surface area contributed by atoms with E-state index in [1.807, 2.05) is 13.8 Å². The summed E-state index contributed by atoms with van der Waals surface area (Å²) < 4.78 is 35.0. The van der Waals surface area contributed by atoms with Crippen LogP contribution in [0, 0.1) is 18.6 Å². The van der Waals surface area contributed by atoms with Gasteiger partial charge in [-0.25, -0.2) is 13.8 Å². The Hall–Kier alpha value is -2.71. The highest BCUT2D eigenvalue weighted by Crippen LogP contribution is 2.28. The van der Waals surface area contributed by atoms with Crippen LogP contribution in [0.5, 0.6) is 5.75 Å². The molecule has 0 bridgehead atoms. The number of imidazole rings is 1. The maximum atomic E-state index is 13.9. The Morgan fingerprint density at radius 3 is 2.67 bits per heavy atom. The summed E-state index contributed by atoms with van der Waals surface area (Å²) >= 11 is 6.24. The van der Waals surface area contributed by atoms with E-state index in [4.69, 9.17) is 22.1 Å². The average Bonchev–Trinajstić information content (AvgIpc) is 3.01. The summed E-state index contributed by atoms with van der Waals surface area (Å²) in [7, 11) is 0. The molecule has 1 atom stereocenters. The molecule has 160 valence electrons. The van der Waals surface area contributed by atoms with Gasteiger partial charge < -0.3 is 15.8 Å². The minimum Gasteiger partial charge on any atom is -0.485 e. The fourth-order valence-electron chi connectivity index (χ4n) is 2.84. The van der Waals surface area contributed by atoms with E-state index >= 15 is 0 Å². The van der Waals surface area contributed by atoms with E-state index in [0.29, 0.717) is 6.42 Å². The summed E-state index contributed by atoms with van der Waals surface area (Å²) in [6.45, 7) is 5.47. The molecule has 0 aliphatic carbocycles. The molecule has 1 aromatic carbocycles. The van der Waals surface area contributed by atoms with E-state index in [1.54, 1.807) is 19.2 Å². The molecule has 0 fully saturated rings. The number of pyridine rings is 1. The van der Waals surface area contributed by atoms with Crippen LogP contribution >= 0.6 is 11.6 Å². The van der Waals surface area contributed by atoms with Gasteiger partial charge in [-0.3, -0.25) is 9.20 Å². The summed E-state index contributed by atoms with van der Waals surface area (Å²) in [5.41, 5.74) is 6.46. The predicted octanol–water partition coefficient (Wildman–Crippen LogP) is 4.01. The van der Waals surface area contributed by atoms with Crippen LogP contribution in [-0.2, 0) is 6.61 Å². The van der Waals surface area contributed by atoms with Gasteiger partial charge in [0.2, 0.25) is 0 Å². The normalized spacial score (nSPS) is 13.3. The molecule has 3 rings (SSSR count). The Morgan fingerprint density at radius 2 is 2.03 bits per heavy atom. The quantitative estimate of drug-likeness (QED) is 0.586. The van der Waals surface area contributed by atoms with Crippen molar-refractivity contribution in [2.24, 2.45) is 5.73 Å². The molecule has 2 aromatic heterocycles. The smallest absolute Gasteiger partial charge is 0.271 e. The first-order valence-corrected chi connectivity index (χ1v) is 9.81. The lowest BCUT2D eigenvalue weighted by Crippen LogP contribution is -2.47. The van der Waals surface area contributed by atoms with Crippen LogP contribution in [-0.4, -0.2) is 27.4 Å². The molecule has 0 radical (unpaired) electrons. The van der Waals surface area contributed by atoms with Crippen LogP contribution in [0.2, 0.25) is 5.15 Å². The molecule has 2 heterocycles. The van der Waals surface area contributed by atoms with Crippen LogP contribution in [0.3, 0.4) is 0 Å². The van der Waals surface area contributed by atoms with Crippen LogP contribution in [0.15, 0.2) is 30.5 Å². The molecule has 0 saturated heterocycles. The van der Waals surface area contributed by atoms with E-state index in [1.165, 1.54) is 10.5 Å². The number of nitrogens with zero attached hydrogens (tertiary/aromatic N) is 2. The molecule has 1 amide bonds. The molecule has 0 saturated carbocycles. The second-order valence-corrected chi connectivity index (χ2v) is 7.86. The lowest BCUT2D eigenvalue weighted by molar-refractivity contribution is 0.0938. The summed E-state index contributed by atoms with van der Waals surface area (Å²) in [6, 6.07) is 5.25. The van der Waals surface area contributed by atoms with Gasteiger partial charge in [0.15, 0.2) is 22.2 Å². The van der Waals surface area contributed by atoms with Crippen molar-refractivity contribution < 1.29 is 18.3 Å². The van der Waals surface area contributed by atoms with Gasteiger partial charge in [-0.05, 0) is 44.0 Å². The summed E-state index contributed by atoms with van der Waals surface area (Å²) in [5, 5.41) is 2.75. The van der Waals surface area contributed by atoms with Crippen molar-refractivity contribution in [1.29, 1.82) is 0 Å². The van der Waals surface area contributed by atoms with Crippen molar-refractivity contribution in [1.82, 2.24) is 14.7 Å². The zero-order valence-electron chi connectivity index (χ0n) is 16.9. The first kappa shape index (κ1) is 22.0. The molecule has 6 nitrogen and oxygen atoms in total. The number of hydrogen-bond acceptors (Lipinski definition) is 4. The SMILES string of the molecule is CCC(C)(N)CNC(=O)c1c(Cl)nc2c(OCc3c(F)cccc3F)cc(C)cn12. The van der Waals surface area contributed by atoms with E-state index in [-0.39, 0.29) is 41.0 Å². The van der Waals surface area contributed by atoms with Crippen molar-refractivity contribution >= 4 is 23.2 Å². The van der Waals surface area contributed by atoms with Gasteiger partial charge in [0.25, 0.3) is 5.91 Å². The number of fused-ring (bicyclic) bond motifs is 1. The van der Waals surface area contributed by atoms with Gasteiger partial charge in [-0.2, -0.15) is 0 Å². The molecule has 0 aliphatic rings. The average molecular weight is 437 g/mol. The monoisotopic (exact) mass is 436 g/mol. The van der Waals surface area contributed by atoms with Crippen LogP contribution < -0.4 is 15.8 Å². The van der Waals surface area contributed by atoms with Gasteiger partial charge in [0.1, 0.15) is 18.2 Å². The van der Waals surface area contributed by atoms with Crippen molar-refractivity contribution in [3.05, 3.63) is 64.1 Å². The summed E-state index contributed by atoms with van der Waals surface area (Å²) in [5.74, 6) is -1.60. The van der Waals surface area contributed by atoms with Gasteiger partial charge in [-0.1, -0.05) is 24.6 Å². The van der Waals surface area contributed by atoms with E-state index in [0.717, 1.165) is 17.7 Å². The molecule has 9 heteroatoms. The number of ether oxygens (including phenoxy) is 1. The standard InChI is InChI=1S/C21H23ClF2N4O2/c1-4-21(3,25)11-26-20(29)17-18(22)27-19-16(8-12(2)9-28(17)19)30-10-13-14(23)6-5-7-15(13)24/h5-9H,4,10-11,25H2,1-3H3,(H,26,29). The van der Waals surface area contributed by atoms with Gasteiger partial charge in [0.05, 0.1) is 5.56 Å². The number of amides is 1. The lowest BCUT2D eigenvalue weighted by atomic mass is 10.0. The number of nitrogens with two attached hydrogens (primary N) is 1. The molecule has 1 unspecified atom stereocenters. The van der Waals surface area contributed by atoms with Crippen LogP contribution in [0.4, 0.5) is 8.78 Å². The Morgan fingerprint density at radius 1 is 1.37 bits per heavy atom. The highest BCUT2D eigenvalue weighted by molar-refractivity contribution is 6.32. The van der Waals surface area contributed by atoms with Crippen molar-refractivity contribution in [2.45, 2.75) is 39.3 Å². The van der Waals surface area contributed by atoms with Gasteiger partial charge in [-0.15, -0.1) is 0 Å². The summed E-state index contributed by atoms with van der Waals surface area (Å²) in [6.07, 6.45) is 2.36. The number of rotatable bonds is 7. The number of halogens is 3. The van der Waals surface area contributed by atoms with Gasteiger partial charge in [0, 0.05) is 18.3 Å².